The Kier molecular flexibility index (Phi) is 2.97. The second-order valence-corrected chi connectivity index (χ2v) is 4.14. The van der Waals surface area contributed by atoms with Gasteiger partial charge in [0.15, 0.2) is 0 Å². The summed E-state index contributed by atoms with van der Waals surface area (Å²) in [5, 5.41) is 2.00. The molecule has 3 nitrogen and oxygen atoms in total. The normalized spacial score (nSPS) is 19.0. The fraction of sp³-hybridized carbons (Fsp3) is 0.182. The number of aliphatic imine (C=N–C) groups is 1. The quantitative estimate of drug-likeness (QED) is 0.729. The predicted octanol–water partition coefficient (Wildman–Crippen LogP) is 1.87. The predicted molar refractivity (Wildman–Crippen MR) is 60.1 cm³/mol. The highest BCUT2D eigenvalue weighted by atomic mass is 32.2. The maximum absolute atomic E-state index is 11.4. The molecule has 1 unspecified atom stereocenters. The minimum atomic E-state index is -1.15. The Bertz CT molecular complexity index is 434. The van der Waals surface area contributed by atoms with Crippen LogP contribution in [-0.2, 0) is 10.8 Å². The molecule has 0 fully saturated rings. The van der Waals surface area contributed by atoms with E-state index in [0.717, 1.165) is 11.3 Å². The number of nitrogens with zero attached hydrogens (tertiary/aromatic N) is 1. The highest BCUT2D eigenvalue weighted by molar-refractivity contribution is 8.04. The van der Waals surface area contributed by atoms with Crippen LogP contribution in [0.3, 0.4) is 0 Å². The van der Waals surface area contributed by atoms with Crippen LogP contribution in [0.4, 0.5) is 0 Å². The molecule has 0 spiro atoms. The van der Waals surface area contributed by atoms with Gasteiger partial charge in [-0.1, -0.05) is 23.1 Å². The lowest BCUT2D eigenvalue weighted by molar-refractivity contribution is 0.340. The van der Waals surface area contributed by atoms with Gasteiger partial charge < -0.3 is 9.73 Å². The van der Waals surface area contributed by atoms with Crippen LogP contribution in [0.5, 0.6) is 5.75 Å². The van der Waals surface area contributed by atoms with Crippen LogP contribution in [0.1, 0.15) is 12.5 Å². The van der Waals surface area contributed by atoms with Crippen molar-refractivity contribution in [2.24, 2.45) is 4.99 Å². The van der Waals surface area contributed by atoms with Crippen molar-refractivity contribution in [1.82, 2.24) is 0 Å². The Morgan fingerprint density at radius 2 is 2.13 bits per heavy atom. The summed E-state index contributed by atoms with van der Waals surface area (Å²) in [5.41, 5.74) is 0.845. The molecular formula is C11H10NO2S-. The number of ether oxygens (including phenoxy) is 1. The van der Waals surface area contributed by atoms with E-state index in [1.165, 1.54) is 5.41 Å². The van der Waals surface area contributed by atoms with Crippen molar-refractivity contribution >= 4 is 15.8 Å². The molecule has 0 saturated heterocycles. The largest absolute Gasteiger partial charge is 0.494 e. The van der Waals surface area contributed by atoms with E-state index in [1.54, 1.807) is 0 Å². The van der Waals surface area contributed by atoms with E-state index in [-0.39, 0.29) is 0 Å². The molecule has 0 radical (unpaired) electrons. The number of rotatable bonds is 3. The molecule has 1 heterocycles. The van der Waals surface area contributed by atoms with Gasteiger partial charge in [0, 0.05) is 0 Å². The first-order valence-electron chi connectivity index (χ1n) is 4.61. The van der Waals surface area contributed by atoms with Gasteiger partial charge in [-0.25, -0.2) is 0 Å². The number of hydrogen-bond acceptors (Lipinski definition) is 3. The lowest BCUT2D eigenvalue weighted by Crippen LogP contribution is -2.03. The van der Waals surface area contributed by atoms with E-state index >= 15 is 0 Å². The van der Waals surface area contributed by atoms with Crippen molar-refractivity contribution in [3.05, 3.63) is 41.4 Å². The summed E-state index contributed by atoms with van der Waals surface area (Å²) in [5.74, 6) is 0.808. The summed E-state index contributed by atoms with van der Waals surface area (Å²) in [7, 11) is -1.15. The van der Waals surface area contributed by atoms with Crippen molar-refractivity contribution in [2.45, 2.75) is 6.92 Å². The number of benzene rings is 1. The first kappa shape index (κ1) is 10.1. The lowest BCUT2D eigenvalue weighted by Gasteiger charge is -2.09. The van der Waals surface area contributed by atoms with E-state index in [4.69, 9.17) is 4.74 Å². The Morgan fingerprint density at radius 3 is 2.67 bits per heavy atom. The molecule has 0 N–H and O–H groups in total. The van der Waals surface area contributed by atoms with Crippen LogP contribution < -0.4 is 4.74 Å². The first-order chi connectivity index (χ1) is 7.31. The molecule has 1 aliphatic heterocycles. The summed E-state index contributed by atoms with van der Waals surface area (Å²) >= 11 is 0. The maximum Gasteiger partial charge on any atom is 0.119 e. The molecule has 1 aliphatic rings. The van der Waals surface area contributed by atoms with E-state index in [1.807, 2.05) is 31.2 Å². The van der Waals surface area contributed by atoms with Crippen LogP contribution in [0.15, 0.2) is 34.7 Å². The minimum absolute atomic E-state index is 0.554. The third-order valence-electron chi connectivity index (χ3n) is 1.93. The van der Waals surface area contributed by atoms with Gasteiger partial charge in [-0.15, -0.1) is 6.20 Å². The summed E-state index contributed by atoms with van der Waals surface area (Å²) in [6.45, 7) is 2.57. The Morgan fingerprint density at radius 1 is 1.40 bits per heavy atom. The molecule has 1 aromatic carbocycles. The van der Waals surface area contributed by atoms with Gasteiger partial charge in [0.1, 0.15) is 5.75 Å². The highest BCUT2D eigenvalue weighted by Gasteiger charge is 2.02. The molecule has 0 aliphatic carbocycles. The van der Waals surface area contributed by atoms with Gasteiger partial charge in [-0.05, 0) is 34.9 Å². The van der Waals surface area contributed by atoms with Crippen LogP contribution in [0.25, 0.3) is 0 Å². The Balaban J connectivity index is 2.21. The van der Waals surface area contributed by atoms with Crippen molar-refractivity contribution in [3.63, 3.8) is 0 Å². The number of hydrogen-bond donors (Lipinski definition) is 0. The third kappa shape index (κ3) is 2.15. The van der Waals surface area contributed by atoms with E-state index in [9.17, 15) is 4.21 Å². The SMILES string of the molecule is CCOc1ccc(C2=N[C-]=CS2=O)cc1. The first-order valence-corrected chi connectivity index (χ1v) is 5.83. The summed E-state index contributed by atoms with van der Waals surface area (Å²) in [4.78, 5) is 3.93. The summed E-state index contributed by atoms with van der Waals surface area (Å²) in [6.07, 6.45) is 2.59. The molecule has 1 atom stereocenters. The van der Waals surface area contributed by atoms with E-state index in [0.29, 0.717) is 11.7 Å². The zero-order valence-electron chi connectivity index (χ0n) is 8.27. The monoisotopic (exact) mass is 220 g/mol. The fourth-order valence-electron chi connectivity index (χ4n) is 1.27. The van der Waals surface area contributed by atoms with Crippen molar-refractivity contribution in [2.75, 3.05) is 6.61 Å². The average molecular weight is 220 g/mol. The van der Waals surface area contributed by atoms with Crippen molar-refractivity contribution < 1.29 is 8.95 Å². The Hall–Kier alpha value is -1.42. The lowest BCUT2D eigenvalue weighted by atomic mass is 10.2. The van der Waals surface area contributed by atoms with Crippen molar-refractivity contribution in [1.29, 1.82) is 0 Å². The summed E-state index contributed by atoms with van der Waals surface area (Å²) < 4.78 is 16.7. The standard InChI is InChI=1S/C11H10NO2S/c1-2-14-10-5-3-9(4-6-10)11-12-7-8-15(11)13/h3-6,8H,2H2,1H3/q-1. The minimum Gasteiger partial charge on any atom is -0.494 e. The van der Waals surface area contributed by atoms with Crippen molar-refractivity contribution in [3.8, 4) is 5.75 Å². The average Bonchev–Trinajstić information content (AvgIpc) is 2.66. The third-order valence-corrected chi connectivity index (χ3v) is 2.96. The maximum atomic E-state index is 11.4. The van der Waals surface area contributed by atoms with Gasteiger partial charge in [0.05, 0.1) is 6.61 Å². The van der Waals surface area contributed by atoms with Gasteiger partial charge in [0.2, 0.25) is 0 Å². The topological polar surface area (TPSA) is 38.7 Å². The smallest absolute Gasteiger partial charge is 0.119 e. The zero-order valence-corrected chi connectivity index (χ0v) is 9.08. The van der Waals surface area contributed by atoms with Crippen LogP contribution >= 0.6 is 0 Å². The molecule has 78 valence electrons. The van der Waals surface area contributed by atoms with Crippen LogP contribution in [0.2, 0.25) is 0 Å². The Labute approximate surface area is 90.9 Å². The molecule has 0 amide bonds. The van der Waals surface area contributed by atoms with Gasteiger partial charge in [0.25, 0.3) is 0 Å². The van der Waals surface area contributed by atoms with Gasteiger partial charge in [-0.3, -0.25) is 4.21 Å². The van der Waals surface area contributed by atoms with Crippen LogP contribution in [-0.4, -0.2) is 15.9 Å². The molecule has 0 aromatic heterocycles. The van der Waals surface area contributed by atoms with Crippen LogP contribution in [0, 0.1) is 6.20 Å². The molecule has 0 saturated carbocycles. The second kappa shape index (κ2) is 4.40. The molecule has 2 rings (SSSR count). The zero-order chi connectivity index (χ0) is 10.7. The molecule has 15 heavy (non-hydrogen) atoms. The van der Waals surface area contributed by atoms with Gasteiger partial charge in [-0.2, -0.15) is 0 Å². The molecule has 1 aromatic rings. The summed E-state index contributed by atoms with van der Waals surface area (Å²) in [6, 6.07) is 7.39. The van der Waals surface area contributed by atoms with E-state index in [2.05, 4.69) is 11.2 Å². The molecule has 0 bridgehead atoms. The highest BCUT2D eigenvalue weighted by Crippen LogP contribution is 2.16. The second-order valence-electron chi connectivity index (χ2n) is 2.92. The molecule has 4 heteroatoms. The van der Waals surface area contributed by atoms with Gasteiger partial charge >= 0.3 is 0 Å². The van der Waals surface area contributed by atoms with E-state index < -0.39 is 10.8 Å². The molecular weight excluding hydrogens is 210 g/mol. The fourth-order valence-corrected chi connectivity index (χ4v) is 2.05.